The Morgan fingerprint density at radius 2 is 1.75 bits per heavy atom. The van der Waals surface area contributed by atoms with Gasteiger partial charge in [0.1, 0.15) is 0 Å². The molecule has 1 aromatic heterocycles. The third kappa shape index (κ3) is 3.17. The minimum absolute atomic E-state index is 1.05. The molecule has 0 atom stereocenters. The maximum Gasteiger partial charge on any atom is 0.186 e. The van der Waals surface area contributed by atoms with Crippen LogP contribution < -0.4 is 4.90 Å². The zero-order valence-corrected chi connectivity index (χ0v) is 14.9. The largest absolute Gasteiger partial charge is 0.345 e. The van der Waals surface area contributed by atoms with Crippen LogP contribution in [0.3, 0.4) is 0 Å². The van der Waals surface area contributed by atoms with Crippen LogP contribution in [0, 0.1) is 0 Å². The first-order valence-electron chi connectivity index (χ1n) is 8.73. The van der Waals surface area contributed by atoms with Crippen molar-refractivity contribution in [2.24, 2.45) is 0 Å². The molecule has 0 saturated carbocycles. The van der Waals surface area contributed by atoms with Crippen LogP contribution in [-0.2, 0) is 13.0 Å². The van der Waals surface area contributed by atoms with Gasteiger partial charge in [-0.25, -0.2) is 4.98 Å². The highest BCUT2D eigenvalue weighted by Crippen LogP contribution is 2.31. The molecule has 0 spiro atoms. The van der Waals surface area contributed by atoms with E-state index in [1.165, 1.54) is 26.5 Å². The monoisotopic (exact) mass is 337 g/mol. The standard InChI is InChI=1S/C20H23N3S/c1-2-17-9-6-10-18-19(17)21-20(24-18)23-13-11-22(12-14-23)15-16-7-4-3-5-8-16/h3-10H,2,11-15H2,1H3. The Bertz CT molecular complexity index is 804. The van der Waals surface area contributed by atoms with Crippen LogP contribution in [0.5, 0.6) is 0 Å². The number of piperazine rings is 1. The van der Waals surface area contributed by atoms with Gasteiger partial charge in [-0.05, 0) is 23.6 Å². The quantitative estimate of drug-likeness (QED) is 0.712. The highest BCUT2D eigenvalue weighted by molar-refractivity contribution is 7.22. The first-order valence-corrected chi connectivity index (χ1v) is 9.55. The molecule has 3 nitrogen and oxygen atoms in total. The molecule has 0 radical (unpaired) electrons. The molecule has 0 bridgehead atoms. The molecular weight excluding hydrogens is 314 g/mol. The Hall–Kier alpha value is -1.91. The van der Waals surface area contributed by atoms with E-state index in [4.69, 9.17) is 4.98 Å². The number of hydrogen-bond acceptors (Lipinski definition) is 4. The summed E-state index contributed by atoms with van der Waals surface area (Å²) in [5.74, 6) is 0. The SMILES string of the molecule is CCc1cccc2sc(N3CCN(Cc4ccccc4)CC3)nc12. The Balaban J connectivity index is 1.44. The fourth-order valence-electron chi connectivity index (χ4n) is 3.35. The molecule has 1 saturated heterocycles. The number of benzene rings is 2. The van der Waals surface area contributed by atoms with Crippen LogP contribution >= 0.6 is 11.3 Å². The number of rotatable bonds is 4. The van der Waals surface area contributed by atoms with Crippen molar-refractivity contribution < 1.29 is 0 Å². The van der Waals surface area contributed by atoms with E-state index in [1.807, 2.05) is 11.3 Å². The second kappa shape index (κ2) is 6.91. The van der Waals surface area contributed by atoms with Crippen LogP contribution in [0.1, 0.15) is 18.1 Å². The fraction of sp³-hybridized carbons (Fsp3) is 0.350. The summed E-state index contributed by atoms with van der Waals surface area (Å²) in [5.41, 5.74) is 3.96. The summed E-state index contributed by atoms with van der Waals surface area (Å²) < 4.78 is 1.32. The van der Waals surface area contributed by atoms with Crippen LogP contribution in [0.25, 0.3) is 10.2 Å². The Morgan fingerprint density at radius 1 is 0.958 bits per heavy atom. The molecule has 1 fully saturated rings. The van der Waals surface area contributed by atoms with Crippen LogP contribution in [0.4, 0.5) is 5.13 Å². The van der Waals surface area contributed by atoms with Gasteiger partial charge < -0.3 is 4.90 Å². The first-order chi connectivity index (χ1) is 11.8. The lowest BCUT2D eigenvalue weighted by molar-refractivity contribution is 0.250. The first kappa shape index (κ1) is 15.6. The van der Waals surface area contributed by atoms with Gasteiger partial charge in [0, 0.05) is 32.7 Å². The van der Waals surface area contributed by atoms with E-state index in [0.717, 1.165) is 39.1 Å². The van der Waals surface area contributed by atoms with Crippen LogP contribution in [-0.4, -0.2) is 36.1 Å². The summed E-state index contributed by atoms with van der Waals surface area (Å²) >= 11 is 1.83. The summed E-state index contributed by atoms with van der Waals surface area (Å²) in [6, 6.07) is 17.3. The Kier molecular flexibility index (Phi) is 4.50. The van der Waals surface area contributed by atoms with Crippen molar-refractivity contribution in [1.82, 2.24) is 9.88 Å². The number of para-hydroxylation sites is 1. The van der Waals surface area contributed by atoms with Crippen molar-refractivity contribution in [1.29, 1.82) is 0 Å². The number of aryl methyl sites for hydroxylation is 1. The summed E-state index contributed by atoms with van der Waals surface area (Å²) in [5, 5.41) is 1.19. The molecule has 1 aliphatic rings. The van der Waals surface area contributed by atoms with Crippen molar-refractivity contribution in [3.8, 4) is 0 Å². The number of fused-ring (bicyclic) bond motifs is 1. The topological polar surface area (TPSA) is 19.4 Å². The van der Waals surface area contributed by atoms with Crippen molar-refractivity contribution in [2.75, 3.05) is 31.1 Å². The highest BCUT2D eigenvalue weighted by Gasteiger charge is 2.20. The molecule has 0 N–H and O–H groups in total. The number of thiazole rings is 1. The average molecular weight is 337 g/mol. The molecule has 0 unspecified atom stereocenters. The van der Waals surface area contributed by atoms with Gasteiger partial charge in [0.15, 0.2) is 5.13 Å². The molecule has 1 aliphatic heterocycles. The van der Waals surface area contributed by atoms with Gasteiger partial charge in [-0.3, -0.25) is 4.90 Å². The van der Waals surface area contributed by atoms with Gasteiger partial charge in [0.05, 0.1) is 10.2 Å². The molecule has 4 rings (SSSR count). The van der Waals surface area contributed by atoms with Gasteiger partial charge in [0.2, 0.25) is 0 Å². The summed E-state index contributed by atoms with van der Waals surface area (Å²) in [6.45, 7) is 7.59. The highest BCUT2D eigenvalue weighted by atomic mass is 32.1. The molecule has 0 aliphatic carbocycles. The number of nitrogens with zero attached hydrogens (tertiary/aromatic N) is 3. The van der Waals surface area contributed by atoms with E-state index in [9.17, 15) is 0 Å². The lowest BCUT2D eigenvalue weighted by Gasteiger charge is -2.34. The molecule has 4 heteroatoms. The normalized spacial score (nSPS) is 16.0. The van der Waals surface area contributed by atoms with E-state index < -0.39 is 0 Å². The average Bonchev–Trinajstić information content (AvgIpc) is 3.07. The maximum absolute atomic E-state index is 4.94. The third-order valence-corrected chi connectivity index (χ3v) is 5.85. The lowest BCUT2D eigenvalue weighted by Crippen LogP contribution is -2.45. The van der Waals surface area contributed by atoms with Gasteiger partial charge in [0.25, 0.3) is 0 Å². The zero-order chi connectivity index (χ0) is 16.4. The predicted molar refractivity (Wildman–Crippen MR) is 103 cm³/mol. The molecule has 124 valence electrons. The van der Waals surface area contributed by atoms with E-state index >= 15 is 0 Å². The smallest absolute Gasteiger partial charge is 0.186 e. The van der Waals surface area contributed by atoms with Crippen LogP contribution in [0.2, 0.25) is 0 Å². The molecule has 2 heterocycles. The van der Waals surface area contributed by atoms with Gasteiger partial charge in [-0.2, -0.15) is 0 Å². The summed E-state index contributed by atoms with van der Waals surface area (Å²) in [6.07, 6.45) is 1.05. The second-order valence-electron chi connectivity index (χ2n) is 6.36. The van der Waals surface area contributed by atoms with Crippen molar-refractivity contribution in [3.05, 3.63) is 59.7 Å². The minimum Gasteiger partial charge on any atom is -0.345 e. The maximum atomic E-state index is 4.94. The molecule has 24 heavy (non-hydrogen) atoms. The number of hydrogen-bond donors (Lipinski definition) is 0. The van der Waals surface area contributed by atoms with Gasteiger partial charge in [-0.15, -0.1) is 0 Å². The van der Waals surface area contributed by atoms with E-state index in [1.54, 1.807) is 0 Å². The number of aromatic nitrogens is 1. The lowest BCUT2D eigenvalue weighted by atomic mass is 10.1. The predicted octanol–water partition coefficient (Wildman–Crippen LogP) is 4.18. The van der Waals surface area contributed by atoms with E-state index in [0.29, 0.717) is 0 Å². The van der Waals surface area contributed by atoms with Gasteiger partial charge in [-0.1, -0.05) is 60.7 Å². The van der Waals surface area contributed by atoms with E-state index in [2.05, 4.69) is 65.3 Å². The van der Waals surface area contributed by atoms with Crippen molar-refractivity contribution >= 4 is 26.7 Å². The fourth-order valence-corrected chi connectivity index (χ4v) is 4.42. The van der Waals surface area contributed by atoms with Crippen molar-refractivity contribution in [3.63, 3.8) is 0 Å². The number of anilines is 1. The molecule has 3 aromatic rings. The Morgan fingerprint density at radius 3 is 2.50 bits per heavy atom. The minimum atomic E-state index is 1.05. The molecule has 2 aromatic carbocycles. The summed E-state index contributed by atoms with van der Waals surface area (Å²) in [4.78, 5) is 9.93. The molecular formula is C20H23N3S. The second-order valence-corrected chi connectivity index (χ2v) is 7.37. The van der Waals surface area contributed by atoms with E-state index in [-0.39, 0.29) is 0 Å². The molecule has 0 amide bonds. The summed E-state index contributed by atoms with van der Waals surface area (Å²) in [7, 11) is 0. The third-order valence-electron chi connectivity index (χ3n) is 4.76. The zero-order valence-electron chi connectivity index (χ0n) is 14.1. The van der Waals surface area contributed by atoms with Crippen LogP contribution in [0.15, 0.2) is 48.5 Å². The Labute approximate surface area is 147 Å². The van der Waals surface area contributed by atoms with Crippen molar-refractivity contribution in [2.45, 2.75) is 19.9 Å². The van der Waals surface area contributed by atoms with Gasteiger partial charge >= 0.3 is 0 Å².